The average molecular weight is 580 g/mol. The minimum Gasteiger partial charge on any atom is -0.454 e. The lowest BCUT2D eigenvalue weighted by Crippen LogP contribution is -2.56. The SMILES string of the molecule is CCS(=O)(=O)N(CC(=O)N(Cc1ccccc1)C(Cc1ccccc1)C(=O)NC(C)(C)C)c1ccc2c(c1)OCO2. The topological polar surface area (TPSA) is 105 Å². The Labute approximate surface area is 242 Å². The second-order valence-corrected chi connectivity index (χ2v) is 13.1. The molecule has 3 aromatic carbocycles. The van der Waals surface area contributed by atoms with Crippen LogP contribution in [0.2, 0.25) is 0 Å². The van der Waals surface area contributed by atoms with Crippen LogP contribution < -0.4 is 19.1 Å². The van der Waals surface area contributed by atoms with Crippen LogP contribution in [0.15, 0.2) is 78.9 Å². The summed E-state index contributed by atoms with van der Waals surface area (Å²) in [6.45, 7) is 6.82. The first-order valence-electron chi connectivity index (χ1n) is 13.6. The summed E-state index contributed by atoms with van der Waals surface area (Å²) in [6, 6.07) is 22.7. The van der Waals surface area contributed by atoms with Gasteiger partial charge in [0.1, 0.15) is 12.6 Å². The Bertz CT molecular complexity index is 1460. The van der Waals surface area contributed by atoms with E-state index in [-0.39, 0.29) is 37.1 Å². The van der Waals surface area contributed by atoms with Crippen molar-refractivity contribution in [3.05, 3.63) is 90.0 Å². The van der Waals surface area contributed by atoms with E-state index in [9.17, 15) is 18.0 Å². The van der Waals surface area contributed by atoms with Crippen molar-refractivity contribution < 1.29 is 27.5 Å². The lowest BCUT2D eigenvalue weighted by molar-refractivity contribution is -0.140. The van der Waals surface area contributed by atoms with Gasteiger partial charge in [0, 0.05) is 24.6 Å². The van der Waals surface area contributed by atoms with Gasteiger partial charge in [0.15, 0.2) is 11.5 Å². The van der Waals surface area contributed by atoms with E-state index in [1.165, 1.54) is 11.8 Å². The van der Waals surface area contributed by atoms with Gasteiger partial charge < -0.3 is 19.7 Å². The van der Waals surface area contributed by atoms with Crippen LogP contribution in [0.3, 0.4) is 0 Å². The molecule has 1 unspecified atom stereocenters. The first-order valence-corrected chi connectivity index (χ1v) is 15.2. The molecule has 1 N–H and O–H groups in total. The number of carbonyl (C=O) groups is 2. The van der Waals surface area contributed by atoms with Gasteiger partial charge in [-0.2, -0.15) is 0 Å². The van der Waals surface area contributed by atoms with Gasteiger partial charge in [-0.05, 0) is 51.0 Å². The number of carbonyl (C=O) groups excluding carboxylic acids is 2. The molecule has 0 bridgehead atoms. The van der Waals surface area contributed by atoms with Crippen molar-refractivity contribution in [1.29, 1.82) is 0 Å². The second-order valence-electron chi connectivity index (χ2n) is 10.9. The lowest BCUT2D eigenvalue weighted by atomic mass is 10.0. The number of nitrogens with one attached hydrogen (secondary N) is 1. The number of anilines is 1. The Balaban J connectivity index is 1.74. The number of hydrogen-bond acceptors (Lipinski definition) is 6. The van der Waals surface area contributed by atoms with Crippen LogP contribution in [0.25, 0.3) is 0 Å². The molecule has 3 aromatic rings. The van der Waals surface area contributed by atoms with Crippen LogP contribution >= 0.6 is 0 Å². The normalized spacial score (nSPS) is 13.4. The number of benzene rings is 3. The highest BCUT2D eigenvalue weighted by atomic mass is 32.2. The Morgan fingerprint density at radius 1 is 0.902 bits per heavy atom. The van der Waals surface area contributed by atoms with Crippen LogP contribution in [-0.2, 0) is 32.6 Å². The summed E-state index contributed by atoms with van der Waals surface area (Å²) in [6.07, 6.45) is 0.256. The molecule has 1 aliphatic rings. The van der Waals surface area contributed by atoms with Gasteiger partial charge in [-0.1, -0.05) is 60.7 Å². The summed E-state index contributed by atoms with van der Waals surface area (Å²) >= 11 is 0. The molecular weight excluding hydrogens is 542 g/mol. The zero-order valence-corrected chi connectivity index (χ0v) is 24.7. The number of sulfonamides is 1. The smallest absolute Gasteiger partial charge is 0.244 e. The fourth-order valence-corrected chi connectivity index (χ4v) is 5.60. The summed E-state index contributed by atoms with van der Waals surface area (Å²) < 4.78 is 38.5. The minimum absolute atomic E-state index is 0.0349. The van der Waals surface area contributed by atoms with E-state index in [0.29, 0.717) is 11.5 Å². The first-order chi connectivity index (χ1) is 19.5. The zero-order chi connectivity index (χ0) is 29.6. The van der Waals surface area contributed by atoms with Gasteiger partial charge in [-0.25, -0.2) is 8.42 Å². The van der Waals surface area contributed by atoms with E-state index >= 15 is 0 Å². The lowest BCUT2D eigenvalue weighted by Gasteiger charge is -2.35. The molecule has 0 aliphatic carbocycles. The average Bonchev–Trinajstić information content (AvgIpc) is 3.41. The Hall–Kier alpha value is -4.05. The molecule has 0 spiro atoms. The van der Waals surface area contributed by atoms with Gasteiger partial charge in [-0.15, -0.1) is 0 Å². The summed E-state index contributed by atoms with van der Waals surface area (Å²) in [7, 11) is -3.88. The molecule has 1 atom stereocenters. The van der Waals surface area contributed by atoms with Crippen LogP contribution in [0.5, 0.6) is 11.5 Å². The van der Waals surface area contributed by atoms with Gasteiger partial charge in [0.25, 0.3) is 0 Å². The van der Waals surface area contributed by atoms with Crippen molar-refractivity contribution in [2.24, 2.45) is 0 Å². The highest BCUT2D eigenvalue weighted by Gasteiger charge is 2.35. The molecule has 0 radical (unpaired) electrons. The van der Waals surface area contributed by atoms with Crippen molar-refractivity contribution in [2.75, 3.05) is 23.4 Å². The zero-order valence-electron chi connectivity index (χ0n) is 23.9. The number of ether oxygens (including phenoxy) is 2. The molecule has 41 heavy (non-hydrogen) atoms. The third-order valence-corrected chi connectivity index (χ3v) is 8.33. The van der Waals surface area contributed by atoms with Crippen LogP contribution in [0.1, 0.15) is 38.8 Å². The van der Waals surface area contributed by atoms with E-state index in [4.69, 9.17) is 9.47 Å². The number of nitrogens with zero attached hydrogens (tertiary/aromatic N) is 2. The molecule has 1 heterocycles. The maximum Gasteiger partial charge on any atom is 0.244 e. The molecule has 4 rings (SSSR count). The highest BCUT2D eigenvalue weighted by molar-refractivity contribution is 7.92. The summed E-state index contributed by atoms with van der Waals surface area (Å²) in [5.74, 6) is -0.141. The summed E-state index contributed by atoms with van der Waals surface area (Å²) in [5, 5.41) is 3.02. The molecular formula is C31H37N3O6S. The molecule has 1 aliphatic heterocycles. The number of amides is 2. The van der Waals surface area contributed by atoms with Gasteiger partial charge >= 0.3 is 0 Å². The van der Waals surface area contributed by atoms with Crippen molar-refractivity contribution >= 4 is 27.5 Å². The highest BCUT2D eigenvalue weighted by Crippen LogP contribution is 2.36. The second kappa shape index (κ2) is 12.6. The van der Waals surface area contributed by atoms with Crippen molar-refractivity contribution in [1.82, 2.24) is 10.2 Å². The summed E-state index contributed by atoms with van der Waals surface area (Å²) in [5.41, 5.74) is 1.43. The Morgan fingerprint density at radius 3 is 2.12 bits per heavy atom. The molecule has 0 aromatic heterocycles. The molecule has 9 nitrogen and oxygen atoms in total. The van der Waals surface area contributed by atoms with Crippen molar-refractivity contribution in [3.8, 4) is 11.5 Å². The maximum absolute atomic E-state index is 14.2. The number of hydrogen-bond donors (Lipinski definition) is 1. The fourth-order valence-electron chi connectivity index (χ4n) is 4.55. The molecule has 10 heteroatoms. The summed E-state index contributed by atoms with van der Waals surface area (Å²) in [4.78, 5) is 29.5. The van der Waals surface area contributed by atoms with Crippen molar-refractivity contribution in [3.63, 3.8) is 0 Å². The first kappa shape index (κ1) is 29.9. The third-order valence-electron chi connectivity index (χ3n) is 6.59. The van der Waals surface area contributed by atoms with Gasteiger partial charge in [0.05, 0.1) is 11.4 Å². The van der Waals surface area contributed by atoms with Gasteiger partial charge in [-0.3, -0.25) is 13.9 Å². The van der Waals surface area contributed by atoms with E-state index in [2.05, 4.69) is 5.32 Å². The number of rotatable bonds is 11. The largest absolute Gasteiger partial charge is 0.454 e. The van der Waals surface area contributed by atoms with E-state index in [0.717, 1.165) is 15.4 Å². The predicted octanol–water partition coefficient (Wildman–Crippen LogP) is 4.13. The van der Waals surface area contributed by atoms with E-state index in [1.807, 2.05) is 81.4 Å². The molecule has 2 amide bonds. The van der Waals surface area contributed by atoms with Crippen LogP contribution in [0, 0.1) is 0 Å². The van der Waals surface area contributed by atoms with E-state index in [1.54, 1.807) is 18.2 Å². The third kappa shape index (κ3) is 7.79. The quantitative estimate of drug-likeness (QED) is 0.366. The van der Waals surface area contributed by atoms with Crippen molar-refractivity contribution in [2.45, 2.75) is 52.2 Å². The van der Waals surface area contributed by atoms with E-state index < -0.39 is 34.1 Å². The van der Waals surface area contributed by atoms with Crippen LogP contribution in [0.4, 0.5) is 5.69 Å². The van der Waals surface area contributed by atoms with Gasteiger partial charge in [0.2, 0.25) is 28.6 Å². The fraction of sp³-hybridized carbons (Fsp3) is 0.355. The Morgan fingerprint density at radius 2 is 1.51 bits per heavy atom. The predicted molar refractivity (Wildman–Crippen MR) is 158 cm³/mol. The number of fused-ring (bicyclic) bond motifs is 1. The monoisotopic (exact) mass is 579 g/mol. The maximum atomic E-state index is 14.2. The Kier molecular flexibility index (Phi) is 9.22. The standard InChI is InChI=1S/C31H37N3O6S/c1-5-41(37,38)34(25-16-17-27-28(19-25)40-22-39-27)21-29(35)33(20-24-14-10-7-11-15-24)26(30(36)32-31(2,3)4)18-23-12-8-6-9-13-23/h6-17,19,26H,5,18,20-22H2,1-4H3,(H,32,36). The minimum atomic E-state index is -3.88. The molecule has 0 fully saturated rings. The molecule has 0 saturated carbocycles. The van der Waals surface area contributed by atoms with Crippen LogP contribution in [-0.4, -0.2) is 55.8 Å². The molecule has 218 valence electrons. The molecule has 0 saturated heterocycles.